The summed E-state index contributed by atoms with van der Waals surface area (Å²) in [5.74, 6) is 0.886. The minimum Gasteiger partial charge on any atom is -0.321 e. The maximum Gasteiger partial charge on any atom is 0.128 e. The van der Waals surface area contributed by atoms with Gasteiger partial charge in [-0.15, -0.1) is 11.6 Å². The van der Waals surface area contributed by atoms with E-state index >= 15 is 0 Å². The predicted molar refractivity (Wildman–Crippen MR) is 94.8 cm³/mol. The standard InChI is InChI=1S/C16H15ClIN3/c1-10-4-3-5-13(19-10)9-21-15-7-6-12(18)8-14(15)20-16(21)11(2)17/h3-8,11H,9H2,1-2H3. The van der Waals surface area contributed by atoms with E-state index in [0.29, 0.717) is 6.54 Å². The first kappa shape index (κ1) is 14.8. The van der Waals surface area contributed by atoms with Crippen LogP contribution < -0.4 is 0 Å². The Balaban J connectivity index is 2.13. The van der Waals surface area contributed by atoms with Crippen LogP contribution in [-0.2, 0) is 6.54 Å². The molecule has 0 bridgehead atoms. The number of aromatic nitrogens is 3. The maximum atomic E-state index is 6.31. The first-order valence-electron chi connectivity index (χ1n) is 6.77. The number of alkyl halides is 1. The van der Waals surface area contributed by atoms with Crippen LogP contribution in [0.3, 0.4) is 0 Å². The number of imidazole rings is 1. The lowest BCUT2D eigenvalue weighted by molar-refractivity contribution is 0.725. The van der Waals surface area contributed by atoms with Crippen LogP contribution in [0.1, 0.15) is 29.5 Å². The zero-order valence-corrected chi connectivity index (χ0v) is 14.8. The van der Waals surface area contributed by atoms with E-state index in [4.69, 9.17) is 16.6 Å². The molecule has 21 heavy (non-hydrogen) atoms. The van der Waals surface area contributed by atoms with E-state index in [2.05, 4.69) is 50.3 Å². The SMILES string of the molecule is Cc1cccc(Cn2c(C(C)Cl)nc3cc(I)ccc32)n1. The summed E-state index contributed by atoms with van der Waals surface area (Å²) in [6.45, 7) is 4.64. The summed E-state index contributed by atoms with van der Waals surface area (Å²) in [5.41, 5.74) is 4.12. The molecule has 2 heterocycles. The number of aryl methyl sites for hydroxylation is 1. The van der Waals surface area contributed by atoms with Gasteiger partial charge in [0.05, 0.1) is 28.6 Å². The Bertz CT molecular complexity index is 795. The van der Waals surface area contributed by atoms with Crippen molar-refractivity contribution < 1.29 is 0 Å². The average molecular weight is 412 g/mol. The highest BCUT2D eigenvalue weighted by atomic mass is 127. The highest BCUT2D eigenvalue weighted by Crippen LogP contribution is 2.26. The maximum absolute atomic E-state index is 6.31. The number of hydrogen-bond donors (Lipinski definition) is 0. The van der Waals surface area contributed by atoms with Gasteiger partial charge >= 0.3 is 0 Å². The van der Waals surface area contributed by atoms with Gasteiger partial charge in [-0.1, -0.05) is 6.07 Å². The Hall–Kier alpha value is -1.14. The summed E-state index contributed by atoms with van der Waals surface area (Å²) in [6, 6.07) is 12.3. The lowest BCUT2D eigenvalue weighted by atomic mass is 10.3. The number of rotatable bonds is 3. The molecular weight excluding hydrogens is 397 g/mol. The molecule has 5 heteroatoms. The van der Waals surface area contributed by atoms with E-state index in [1.807, 2.05) is 32.0 Å². The first-order valence-corrected chi connectivity index (χ1v) is 8.28. The van der Waals surface area contributed by atoms with Gasteiger partial charge in [-0.2, -0.15) is 0 Å². The Labute approximate surface area is 142 Å². The van der Waals surface area contributed by atoms with Gasteiger partial charge < -0.3 is 4.57 Å². The van der Waals surface area contributed by atoms with Crippen molar-refractivity contribution in [1.29, 1.82) is 0 Å². The van der Waals surface area contributed by atoms with Crippen molar-refractivity contribution in [2.24, 2.45) is 0 Å². The first-order chi connectivity index (χ1) is 10.0. The zero-order chi connectivity index (χ0) is 15.0. The molecule has 0 aliphatic carbocycles. The Kier molecular flexibility index (Phi) is 4.17. The molecule has 0 N–H and O–H groups in total. The molecule has 0 amide bonds. The normalized spacial score (nSPS) is 12.8. The van der Waals surface area contributed by atoms with Gasteiger partial charge in [-0.25, -0.2) is 4.98 Å². The van der Waals surface area contributed by atoms with Crippen LogP contribution in [0.15, 0.2) is 36.4 Å². The van der Waals surface area contributed by atoms with Crippen LogP contribution in [0.4, 0.5) is 0 Å². The minimum atomic E-state index is -0.139. The molecule has 0 saturated carbocycles. The van der Waals surface area contributed by atoms with E-state index in [9.17, 15) is 0 Å². The molecule has 0 radical (unpaired) electrons. The van der Waals surface area contributed by atoms with Gasteiger partial charge in [-0.3, -0.25) is 4.98 Å². The van der Waals surface area contributed by atoms with Crippen LogP contribution >= 0.6 is 34.2 Å². The third-order valence-electron chi connectivity index (χ3n) is 3.36. The molecule has 1 unspecified atom stereocenters. The van der Waals surface area contributed by atoms with Crippen molar-refractivity contribution in [1.82, 2.24) is 14.5 Å². The number of pyridine rings is 1. The topological polar surface area (TPSA) is 30.7 Å². The van der Waals surface area contributed by atoms with Crippen LogP contribution in [0, 0.1) is 10.5 Å². The van der Waals surface area contributed by atoms with E-state index < -0.39 is 0 Å². The smallest absolute Gasteiger partial charge is 0.128 e. The summed E-state index contributed by atoms with van der Waals surface area (Å²) in [5, 5.41) is -0.139. The summed E-state index contributed by atoms with van der Waals surface area (Å²) in [7, 11) is 0. The highest BCUT2D eigenvalue weighted by Gasteiger charge is 2.15. The van der Waals surface area contributed by atoms with Crippen molar-refractivity contribution in [2.75, 3.05) is 0 Å². The van der Waals surface area contributed by atoms with Gasteiger partial charge in [0.25, 0.3) is 0 Å². The Morgan fingerprint density at radius 2 is 2.05 bits per heavy atom. The summed E-state index contributed by atoms with van der Waals surface area (Å²) < 4.78 is 3.33. The van der Waals surface area contributed by atoms with Crippen molar-refractivity contribution in [3.63, 3.8) is 0 Å². The molecule has 0 aliphatic rings. The summed E-state index contributed by atoms with van der Waals surface area (Å²) in [4.78, 5) is 9.27. The fraction of sp³-hybridized carbons (Fsp3) is 0.250. The largest absolute Gasteiger partial charge is 0.321 e. The summed E-state index contributed by atoms with van der Waals surface area (Å²) in [6.07, 6.45) is 0. The lowest BCUT2D eigenvalue weighted by Crippen LogP contribution is -2.07. The molecule has 3 aromatic rings. The Morgan fingerprint density at radius 1 is 1.24 bits per heavy atom. The van der Waals surface area contributed by atoms with Crippen molar-refractivity contribution in [3.8, 4) is 0 Å². The number of nitrogens with zero attached hydrogens (tertiary/aromatic N) is 3. The van der Waals surface area contributed by atoms with Gasteiger partial charge in [0.15, 0.2) is 0 Å². The van der Waals surface area contributed by atoms with E-state index in [1.165, 1.54) is 3.57 Å². The second-order valence-corrected chi connectivity index (χ2v) is 6.98. The van der Waals surface area contributed by atoms with E-state index in [-0.39, 0.29) is 5.38 Å². The van der Waals surface area contributed by atoms with E-state index in [0.717, 1.165) is 28.2 Å². The fourth-order valence-electron chi connectivity index (χ4n) is 2.44. The quantitative estimate of drug-likeness (QED) is 0.462. The van der Waals surface area contributed by atoms with Crippen LogP contribution in [0.25, 0.3) is 11.0 Å². The van der Waals surface area contributed by atoms with Gasteiger partial charge in [-0.05, 0) is 66.8 Å². The average Bonchev–Trinajstić information content (AvgIpc) is 2.77. The molecule has 3 rings (SSSR count). The molecule has 1 aromatic carbocycles. The monoisotopic (exact) mass is 411 g/mol. The van der Waals surface area contributed by atoms with Crippen molar-refractivity contribution in [2.45, 2.75) is 25.8 Å². The van der Waals surface area contributed by atoms with Gasteiger partial charge in [0.2, 0.25) is 0 Å². The number of fused-ring (bicyclic) bond motifs is 1. The number of hydrogen-bond acceptors (Lipinski definition) is 2. The third kappa shape index (κ3) is 3.06. The van der Waals surface area contributed by atoms with Crippen molar-refractivity contribution in [3.05, 3.63) is 57.2 Å². The fourth-order valence-corrected chi connectivity index (χ4v) is 3.08. The molecule has 3 nitrogen and oxygen atoms in total. The summed E-state index contributed by atoms with van der Waals surface area (Å²) >= 11 is 8.61. The molecule has 108 valence electrons. The highest BCUT2D eigenvalue weighted by molar-refractivity contribution is 14.1. The predicted octanol–water partition coefficient (Wildman–Crippen LogP) is 4.69. The third-order valence-corrected chi connectivity index (χ3v) is 4.23. The van der Waals surface area contributed by atoms with Gasteiger partial charge in [0, 0.05) is 9.26 Å². The lowest BCUT2D eigenvalue weighted by Gasteiger charge is -2.10. The van der Waals surface area contributed by atoms with Crippen molar-refractivity contribution >= 4 is 45.2 Å². The molecule has 2 aromatic heterocycles. The molecule has 0 spiro atoms. The second-order valence-electron chi connectivity index (χ2n) is 5.08. The molecule has 0 aliphatic heterocycles. The Morgan fingerprint density at radius 3 is 2.76 bits per heavy atom. The molecular formula is C16H15ClIN3. The molecule has 0 fully saturated rings. The number of halogens is 2. The van der Waals surface area contributed by atoms with Crippen LogP contribution in [0.5, 0.6) is 0 Å². The van der Waals surface area contributed by atoms with Crippen LogP contribution in [0.2, 0.25) is 0 Å². The molecule has 1 atom stereocenters. The minimum absolute atomic E-state index is 0.139. The number of benzene rings is 1. The zero-order valence-electron chi connectivity index (χ0n) is 11.8. The van der Waals surface area contributed by atoms with E-state index in [1.54, 1.807) is 0 Å². The van der Waals surface area contributed by atoms with Crippen LogP contribution in [-0.4, -0.2) is 14.5 Å². The second kappa shape index (κ2) is 5.93. The molecule has 0 saturated heterocycles. The van der Waals surface area contributed by atoms with Gasteiger partial charge in [0.1, 0.15) is 5.82 Å².